The van der Waals surface area contributed by atoms with Gasteiger partial charge in [-0.25, -0.2) is 0 Å². The molecule has 0 spiro atoms. The standard InChI is InChI=1S/C12H11NO3/c1-8-11-7-10(16-2)5-3-9(11)4-6-12(8)13(14)15/h3-7H,1-2H3. The van der Waals surface area contributed by atoms with Crippen LogP contribution in [0.4, 0.5) is 5.69 Å². The van der Waals surface area contributed by atoms with E-state index in [1.54, 1.807) is 20.1 Å². The number of fused-ring (bicyclic) bond motifs is 1. The summed E-state index contributed by atoms with van der Waals surface area (Å²) in [4.78, 5) is 10.4. The number of methoxy groups -OCH3 is 1. The molecule has 2 aromatic rings. The molecule has 0 unspecified atom stereocenters. The molecule has 0 bridgehead atoms. The van der Waals surface area contributed by atoms with E-state index in [0.29, 0.717) is 11.3 Å². The molecule has 0 aromatic heterocycles. The molecule has 82 valence electrons. The van der Waals surface area contributed by atoms with Crippen molar-refractivity contribution in [1.29, 1.82) is 0 Å². The van der Waals surface area contributed by atoms with Crippen LogP contribution in [0.3, 0.4) is 0 Å². The smallest absolute Gasteiger partial charge is 0.272 e. The van der Waals surface area contributed by atoms with E-state index in [0.717, 1.165) is 10.8 Å². The van der Waals surface area contributed by atoms with Crippen LogP contribution in [0.25, 0.3) is 10.8 Å². The first-order valence-corrected chi connectivity index (χ1v) is 4.85. The van der Waals surface area contributed by atoms with Gasteiger partial charge in [0.25, 0.3) is 5.69 Å². The van der Waals surface area contributed by atoms with Crippen molar-refractivity contribution >= 4 is 16.5 Å². The number of nitro benzene ring substituents is 1. The van der Waals surface area contributed by atoms with Gasteiger partial charge in [0.05, 0.1) is 12.0 Å². The van der Waals surface area contributed by atoms with Crippen molar-refractivity contribution in [1.82, 2.24) is 0 Å². The molecule has 0 heterocycles. The molecule has 16 heavy (non-hydrogen) atoms. The Kier molecular flexibility index (Phi) is 2.48. The van der Waals surface area contributed by atoms with E-state index in [1.807, 2.05) is 18.2 Å². The van der Waals surface area contributed by atoms with Crippen LogP contribution in [0.1, 0.15) is 5.56 Å². The van der Waals surface area contributed by atoms with Crippen molar-refractivity contribution in [2.75, 3.05) is 7.11 Å². The van der Waals surface area contributed by atoms with Gasteiger partial charge in [-0.2, -0.15) is 0 Å². The maximum Gasteiger partial charge on any atom is 0.272 e. The molecule has 4 nitrogen and oxygen atoms in total. The molecule has 0 aliphatic rings. The molecular formula is C12H11NO3. The summed E-state index contributed by atoms with van der Waals surface area (Å²) in [6.07, 6.45) is 0. The second-order valence-electron chi connectivity index (χ2n) is 3.55. The van der Waals surface area contributed by atoms with Gasteiger partial charge in [0.1, 0.15) is 5.75 Å². The number of hydrogen-bond acceptors (Lipinski definition) is 3. The molecular weight excluding hydrogens is 206 g/mol. The largest absolute Gasteiger partial charge is 0.497 e. The third-order valence-corrected chi connectivity index (χ3v) is 2.67. The maximum atomic E-state index is 10.8. The molecule has 0 aliphatic carbocycles. The van der Waals surface area contributed by atoms with Crippen molar-refractivity contribution in [3.63, 3.8) is 0 Å². The van der Waals surface area contributed by atoms with Gasteiger partial charge in [-0.1, -0.05) is 6.07 Å². The van der Waals surface area contributed by atoms with Crippen LogP contribution in [-0.4, -0.2) is 12.0 Å². The fraction of sp³-hybridized carbons (Fsp3) is 0.167. The molecule has 0 atom stereocenters. The van der Waals surface area contributed by atoms with Gasteiger partial charge in [-0.3, -0.25) is 10.1 Å². The quantitative estimate of drug-likeness (QED) is 0.573. The number of nitro groups is 1. The average Bonchev–Trinajstić information content (AvgIpc) is 2.28. The predicted octanol–water partition coefficient (Wildman–Crippen LogP) is 3.07. The van der Waals surface area contributed by atoms with E-state index < -0.39 is 0 Å². The van der Waals surface area contributed by atoms with Crippen molar-refractivity contribution in [3.05, 3.63) is 46.0 Å². The zero-order valence-corrected chi connectivity index (χ0v) is 9.06. The second kappa shape index (κ2) is 3.81. The summed E-state index contributed by atoms with van der Waals surface area (Å²) in [5.74, 6) is 0.705. The summed E-state index contributed by atoms with van der Waals surface area (Å²) in [6.45, 7) is 1.75. The van der Waals surface area contributed by atoms with Crippen LogP contribution in [0.2, 0.25) is 0 Å². The lowest BCUT2D eigenvalue weighted by Gasteiger charge is -2.05. The zero-order chi connectivity index (χ0) is 11.7. The van der Waals surface area contributed by atoms with Crippen LogP contribution in [0.5, 0.6) is 5.75 Å². The van der Waals surface area contributed by atoms with Crippen molar-refractivity contribution < 1.29 is 9.66 Å². The zero-order valence-electron chi connectivity index (χ0n) is 9.06. The lowest BCUT2D eigenvalue weighted by atomic mass is 10.0. The summed E-state index contributed by atoms with van der Waals surface area (Å²) in [7, 11) is 1.58. The highest BCUT2D eigenvalue weighted by Crippen LogP contribution is 2.29. The lowest BCUT2D eigenvalue weighted by molar-refractivity contribution is -0.385. The molecule has 0 saturated heterocycles. The highest BCUT2D eigenvalue weighted by molar-refractivity contribution is 5.89. The predicted molar refractivity (Wildman–Crippen MR) is 61.9 cm³/mol. The van der Waals surface area contributed by atoms with E-state index in [-0.39, 0.29) is 10.6 Å². The fourth-order valence-corrected chi connectivity index (χ4v) is 1.76. The molecule has 0 aliphatic heterocycles. The van der Waals surface area contributed by atoms with E-state index in [2.05, 4.69) is 0 Å². The summed E-state index contributed by atoms with van der Waals surface area (Å²) >= 11 is 0. The van der Waals surface area contributed by atoms with Crippen LogP contribution >= 0.6 is 0 Å². The summed E-state index contributed by atoms with van der Waals surface area (Å²) in [6, 6.07) is 8.83. The van der Waals surface area contributed by atoms with Gasteiger partial charge in [-0.15, -0.1) is 0 Å². The molecule has 0 amide bonds. The van der Waals surface area contributed by atoms with Gasteiger partial charge in [0.15, 0.2) is 0 Å². The molecule has 0 fully saturated rings. The SMILES string of the molecule is COc1ccc2ccc([N+](=O)[O-])c(C)c2c1. The highest BCUT2D eigenvalue weighted by atomic mass is 16.6. The third-order valence-electron chi connectivity index (χ3n) is 2.67. The Bertz CT molecular complexity index is 563. The Morgan fingerprint density at radius 1 is 1.25 bits per heavy atom. The number of hydrogen-bond donors (Lipinski definition) is 0. The van der Waals surface area contributed by atoms with Crippen LogP contribution in [0, 0.1) is 17.0 Å². The number of benzene rings is 2. The number of rotatable bonds is 2. The molecule has 2 rings (SSSR count). The number of aryl methyl sites for hydroxylation is 1. The van der Waals surface area contributed by atoms with E-state index in [9.17, 15) is 10.1 Å². The molecule has 0 radical (unpaired) electrons. The van der Waals surface area contributed by atoms with Crippen LogP contribution in [0.15, 0.2) is 30.3 Å². The van der Waals surface area contributed by atoms with Gasteiger partial charge >= 0.3 is 0 Å². The Morgan fingerprint density at radius 2 is 1.94 bits per heavy atom. The Morgan fingerprint density at radius 3 is 2.56 bits per heavy atom. The fourth-order valence-electron chi connectivity index (χ4n) is 1.76. The van der Waals surface area contributed by atoms with E-state index >= 15 is 0 Å². The Balaban J connectivity index is 2.75. The van der Waals surface area contributed by atoms with Gasteiger partial charge in [0.2, 0.25) is 0 Å². The second-order valence-corrected chi connectivity index (χ2v) is 3.55. The average molecular weight is 217 g/mol. The topological polar surface area (TPSA) is 52.4 Å². The summed E-state index contributed by atoms with van der Waals surface area (Å²) < 4.78 is 5.11. The first-order chi connectivity index (χ1) is 7.63. The monoisotopic (exact) mass is 217 g/mol. The molecule has 0 saturated carbocycles. The minimum absolute atomic E-state index is 0.140. The Labute approximate surface area is 92.6 Å². The van der Waals surface area contributed by atoms with Crippen molar-refractivity contribution in [2.45, 2.75) is 6.92 Å². The van der Waals surface area contributed by atoms with E-state index in [4.69, 9.17) is 4.74 Å². The maximum absolute atomic E-state index is 10.8. The number of nitrogens with zero attached hydrogens (tertiary/aromatic N) is 1. The summed E-state index contributed by atoms with van der Waals surface area (Å²) in [5, 5.41) is 12.6. The van der Waals surface area contributed by atoms with Gasteiger partial charge < -0.3 is 4.74 Å². The van der Waals surface area contributed by atoms with E-state index in [1.165, 1.54) is 6.07 Å². The minimum atomic E-state index is -0.367. The molecule has 2 aromatic carbocycles. The Hall–Kier alpha value is -2.10. The van der Waals surface area contributed by atoms with Gasteiger partial charge in [-0.05, 0) is 35.9 Å². The molecule has 4 heteroatoms. The summed E-state index contributed by atoms with van der Waals surface area (Å²) in [5.41, 5.74) is 0.808. The lowest BCUT2D eigenvalue weighted by Crippen LogP contribution is -1.92. The van der Waals surface area contributed by atoms with Gasteiger partial charge in [0, 0.05) is 11.6 Å². The minimum Gasteiger partial charge on any atom is -0.497 e. The molecule has 0 N–H and O–H groups in total. The third kappa shape index (κ3) is 1.58. The first-order valence-electron chi connectivity index (χ1n) is 4.85. The van der Waals surface area contributed by atoms with Crippen LogP contribution < -0.4 is 4.74 Å². The number of ether oxygens (including phenoxy) is 1. The normalized spacial score (nSPS) is 10.4. The van der Waals surface area contributed by atoms with Crippen molar-refractivity contribution in [2.24, 2.45) is 0 Å². The van der Waals surface area contributed by atoms with Crippen molar-refractivity contribution in [3.8, 4) is 5.75 Å². The highest BCUT2D eigenvalue weighted by Gasteiger charge is 2.12. The first kappa shape index (κ1) is 10.4. The van der Waals surface area contributed by atoms with Crippen LogP contribution in [-0.2, 0) is 0 Å².